The normalized spacial score (nSPS) is 10.2. The Balaban J connectivity index is 2.23. The molecular formula is C7H8N4OS. The van der Waals surface area contributed by atoms with Crippen molar-refractivity contribution in [1.82, 2.24) is 15.1 Å². The molecule has 0 aliphatic carbocycles. The van der Waals surface area contributed by atoms with Crippen molar-refractivity contribution in [3.63, 3.8) is 0 Å². The van der Waals surface area contributed by atoms with Gasteiger partial charge in [-0.3, -0.25) is 0 Å². The standard InChI is InChI=1S/C7H8N4OS/c1-2-8-7-10-6(11-12-7)5-3-13-4-9-5/h3-4H,2H2,1H3,(H,8,10,11). The van der Waals surface area contributed by atoms with Gasteiger partial charge in [0.05, 0.1) is 5.51 Å². The molecule has 0 aliphatic rings. The molecule has 2 rings (SSSR count). The molecule has 0 radical (unpaired) electrons. The lowest BCUT2D eigenvalue weighted by atomic mass is 10.5. The molecule has 5 nitrogen and oxygen atoms in total. The van der Waals surface area contributed by atoms with Gasteiger partial charge < -0.3 is 9.84 Å². The zero-order valence-corrected chi connectivity index (χ0v) is 7.84. The van der Waals surface area contributed by atoms with Gasteiger partial charge in [0.25, 0.3) is 0 Å². The van der Waals surface area contributed by atoms with Gasteiger partial charge in [-0.1, -0.05) is 5.16 Å². The molecule has 0 saturated carbocycles. The molecular weight excluding hydrogens is 188 g/mol. The lowest BCUT2D eigenvalue weighted by Gasteiger charge is -1.89. The largest absolute Gasteiger partial charge is 0.338 e. The number of anilines is 1. The van der Waals surface area contributed by atoms with Crippen molar-refractivity contribution in [3.8, 4) is 11.5 Å². The van der Waals surface area contributed by atoms with Crippen LogP contribution in [-0.4, -0.2) is 21.7 Å². The lowest BCUT2D eigenvalue weighted by molar-refractivity contribution is 0.432. The van der Waals surface area contributed by atoms with E-state index in [1.54, 1.807) is 5.51 Å². The van der Waals surface area contributed by atoms with E-state index in [0.717, 1.165) is 12.2 Å². The molecule has 1 N–H and O–H groups in total. The highest BCUT2D eigenvalue weighted by Crippen LogP contribution is 2.16. The summed E-state index contributed by atoms with van der Waals surface area (Å²) in [6.45, 7) is 2.73. The average molecular weight is 196 g/mol. The van der Waals surface area contributed by atoms with Gasteiger partial charge in [-0.2, -0.15) is 4.98 Å². The third kappa shape index (κ3) is 1.67. The molecule has 0 aliphatic heterocycles. The number of thiazole rings is 1. The first-order valence-corrected chi connectivity index (χ1v) is 4.80. The van der Waals surface area contributed by atoms with E-state index in [-0.39, 0.29) is 0 Å². The van der Waals surface area contributed by atoms with E-state index in [2.05, 4.69) is 20.4 Å². The monoisotopic (exact) mass is 196 g/mol. The van der Waals surface area contributed by atoms with Crippen LogP contribution in [0.5, 0.6) is 0 Å². The summed E-state index contributed by atoms with van der Waals surface area (Å²) >= 11 is 1.50. The number of hydrogen-bond acceptors (Lipinski definition) is 6. The van der Waals surface area contributed by atoms with Crippen LogP contribution in [0.3, 0.4) is 0 Å². The van der Waals surface area contributed by atoms with E-state index in [0.29, 0.717) is 11.8 Å². The second-order valence-electron chi connectivity index (χ2n) is 2.33. The van der Waals surface area contributed by atoms with Crippen molar-refractivity contribution < 1.29 is 4.52 Å². The summed E-state index contributed by atoms with van der Waals surface area (Å²) in [6, 6.07) is 0.436. The zero-order valence-electron chi connectivity index (χ0n) is 7.02. The van der Waals surface area contributed by atoms with Crippen LogP contribution in [0.2, 0.25) is 0 Å². The second-order valence-corrected chi connectivity index (χ2v) is 3.05. The molecule has 2 heterocycles. The molecule has 0 amide bonds. The fourth-order valence-electron chi connectivity index (χ4n) is 0.874. The Kier molecular flexibility index (Phi) is 2.22. The summed E-state index contributed by atoms with van der Waals surface area (Å²) in [5.41, 5.74) is 2.48. The molecule has 0 saturated heterocycles. The molecule has 6 heteroatoms. The molecule has 13 heavy (non-hydrogen) atoms. The van der Waals surface area contributed by atoms with E-state index < -0.39 is 0 Å². The van der Waals surface area contributed by atoms with E-state index >= 15 is 0 Å². The number of nitrogens with zero attached hydrogens (tertiary/aromatic N) is 3. The smallest absolute Gasteiger partial charge is 0.321 e. The Labute approximate surface area is 78.8 Å². The van der Waals surface area contributed by atoms with Crippen LogP contribution in [0.4, 0.5) is 6.01 Å². The SMILES string of the molecule is CCNc1nc(-c2cscn2)no1. The van der Waals surface area contributed by atoms with Crippen LogP contribution in [0.1, 0.15) is 6.92 Å². The minimum atomic E-state index is 0.436. The van der Waals surface area contributed by atoms with Crippen LogP contribution in [0, 0.1) is 0 Å². The molecule has 68 valence electrons. The van der Waals surface area contributed by atoms with Crippen LogP contribution < -0.4 is 5.32 Å². The van der Waals surface area contributed by atoms with Crippen molar-refractivity contribution in [3.05, 3.63) is 10.9 Å². The highest BCUT2D eigenvalue weighted by atomic mass is 32.1. The van der Waals surface area contributed by atoms with E-state index in [1.807, 2.05) is 12.3 Å². The summed E-state index contributed by atoms with van der Waals surface area (Å²) in [5.74, 6) is 0.525. The zero-order chi connectivity index (χ0) is 9.10. The van der Waals surface area contributed by atoms with E-state index in [9.17, 15) is 0 Å². The molecule has 0 unspecified atom stereocenters. The van der Waals surface area contributed by atoms with Gasteiger partial charge in [0.15, 0.2) is 0 Å². The van der Waals surface area contributed by atoms with Crippen LogP contribution in [0.15, 0.2) is 15.4 Å². The van der Waals surface area contributed by atoms with Crippen molar-refractivity contribution >= 4 is 17.4 Å². The second kappa shape index (κ2) is 3.53. The minimum absolute atomic E-state index is 0.436. The molecule has 2 aromatic heterocycles. The van der Waals surface area contributed by atoms with Gasteiger partial charge >= 0.3 is 6.01 Å². The summed E-state index contributed by atoms with van der Waals surface area (Å²) in [7, 11) is 0. The summed E-state index contributed by atoms with van der Waals surface area (Å²) in [4.78, 5) is 8.16. The molecule has 0 atom stereocenters. The predicted molar refractivity (Wildman–Crippen MR) is 49.6 cm³/mol. The van der Waals surface area contributed by atoms with Gasteiger partial charge in [-0.05, 0) is 6.92 Å². The highest BCUT2D eigenvalue weighted by Gasteiger charge is 2.08. The summed E-state index contributed by atoms with van der Waals surface area (Å²) in [5, 5.41) is 8.57. The third-order valence-electron chi connectivity index (χ3n) is 1.42. The Bertz CT molecular complexity index is 370. The Morgan fingerprint density at radius 2 is 2.54 bits per heavy atom. The van der Waals surface area contributed by atoms with Gasteiger partial charge in [0, 0.05) is 11.9 Å². The van der Waals surface area contributed by atoms with Crippen LogP contribution in [0.25, 0.3) is 11.5 Å². The van der Waals surface area contributed by atoms with Crippen molar-refractivity contribution in [1.29, 1.82) is 0 Å². The Hall–Kier alpha value is -1.43. The topological polar surface area (TPSA) is 63.8 Å². The van der Waals surface area contributed by atoms with Crippen molar-refractivity contribution in [2.24, 2.45) is 0 Å². The molecule has 0 spiro atoms. The summed E-state index contributed by atoms with van der Waals surface area (Å²) < 4.78 is 4.92. The first kappa shape index (κ1) is 8.18. The average Bonchev–Trinajstić information content (AvgIpc) is 2.70. The van der Waals surface area contributed by atoms with Gasteiger partial charge in [0.2, 0.25) is 5.82 Å². The molecule has 0 bridgehead atoms. The first-order valence-electron chi connectivity index (χ1n) is 3.86. The van der Waals surface area contributed by atoms with Gasteiger partial charge in [-0.25, -0.2) is 4.98 Å². The van der Waals surface area contributed by atoms with E-state index in [4.69, 9.17) is 4.52 Å². The predicted octanol–water partition coefficient (Wildman–Crippen LogP) is 1.62. The number of nitrogens with one attached hydrogen (secondary N) is 1. The maximum atomic E-state index is 4.92. The third-order valence-corrected chi connectivity index (χ3v) is 2.00. The maximum Gasteiger partial charge on any atom is 0.321 e. The Morgan fingerprint density at radius 3 is 3.23 bits per heavy atom. The minimum Gasteiger partial charge on any atom is -0.338 e. The molecule has 0 aromatic carbocycles. The van der Waals surface area contributed by atoms with Crippen molar-refractivity contribution in [2.75, 3.05) is 11.9 Å². The van der Waals surface area contributed by atoms with Crippen molar-refractivity contribution in [2.45, 2.75) is 6.92 Å². The lowest BCUT2D eigenvalue weighted by Crippen LogP contribution is -1.95. The fraction of sp³-hybridized carbons (Fsp3) is 0.286. The van der Waals surface area contributed by atoms with Gasteiger partial charge in [0.1, 0.15) is 5.69 Å². The number of aromatic nitrogens is 3. The summed E-state index contributed by atoms with van der Waals surface area (Å²) in [6.07, 6.45) is 0. The maximum absolute atomic E-state index is 4.92. The quantitative estimate of drug-likeness (QED) is 0.808. The van der Waals surface area contributed by atoms with Crippen LogP contribution >= 0.6 is 11.3 Å². The first-order chi connectivity index (χ1) is 6.40. The fourth-order valence-corrected chi connectivity index (χ4v) is 1.40. The van der Waals surface area contributed by atoms with Crippen LogP contribution in [-0.2, 0) is 0 Å². The van der Waals surface area contributed by atoms with E-state index in [1.165, 1.54) is 11.3 Å². The van der Waals surface area contributed by atoms with Gasteiger partial charge in [-0.15, -0.1) is 11.3 Å². The number of hydrogen-bond donors (Lipinski definition) is 1. The Morgan fingerprint density at radius 1 is 1.62 bits per heavy atom. The molecule has 2 aromatic rings. The highest BCUT2D eigenvalue weighted by molar-refractivity contribution is 7.07. The molecule has 0 fully saturated rings. The number of rotatable bonds is 3.